The maximum atomic E-state index is 11.2. The second-order valence-electron chi connectivity index (χ2n) is 7.21. The minimum Gasteiger partial charge on any atom is -0.392 e. The topological polar surface area (TPSA) is 100 Å². The molecule has 29 heavy (non-hydrogen) atoms. The van der Waals surface area contributed by atoms with E-state index in [0.29, 0.717) is 0 Å². The zero-order valence-corrected chi connectivity index (χ0v) is 16.8. The fraction of sp³-hybridized carbons (Fsp3) is 0.455. The summed E-state index contributed by atoms with van der Waals surface area (Å²) in [5.74, 6) is 0. The van der Waals surface area contributed by atoms with Crippen LogP contribution < -0.4 is 4.90 Å². The molecule has 2 N–H and O–H groups in total. The van der Waals surface area contributed by atoms with Crippen molar-refractivity contribution in [1.82, 2.24) is 0 Å². The van der Waals surface area contributed by atoms with Gasteiger partial charge >= 0.3 is 0 Å². The minimum absolute atomic E-state index is 0.359. The highest BCUT2D eigenvalue weighted by atomic mass is 16.9. The predicted octanol–water partition coefficient (Wildman–Crippen LogP) is 1.81. The van der Waals surface area contributed by atoms with Crippen LogP contribution in [0.4, 0.5) is 0 Å². The number of rotatable bonds is 7. The van der Waals surface area contributed by atoms with Crippen molar-refractivity contribution in [1.29, 1.82) is 0 Å². The van der Waals surface area contributed by atoms with E-state index in [9.17, 15) is 5.11 Å². The Morgan fingerprint density at radius 3 is 1.90 bits per heavy atom. The standard InChI is InChI=1S/C22H29NO2.NO3/c1-2-21(24)22(19-9-5-3-6-10-19,20-11-7-4-8-12-20)13-14-23-15-17-25-18-16-23;2-1(3)4/h3-12,21,24H,2,13-18H2,1H3;/q;-1/p+1. The molecule has 0 saturated carbocycles. The third-order valence-electron chi connectivity index (χ3n) is 5.61. The van der Waals surface area contributed by atoms with Crippen molar-refractivity contribution in [2.75, 3.05) is 32.8 Å². The van der Waals surface area contributed by atoms with E-state index in [1.54, 1.807) is 4.90 Å². The van der Waals surface area contributed by atoms with Gasteiger partial charge in [-0.2, -0.15) is 0 Å². The fourth-order valence-corrected chi connectivity index (χ4v) is 4.11. The molecule has 0 radical (unpaired) electrons. The van der Waals surface area contributed by atoms with Crippen LogP contribution in [0, 0.1) is 15.3 Å². The quantitative estimate of drug-likeness (QED) is 0.543. The molecular weight excluding hydrogens is 372 g/mol. The molecule has 0 aliphatic carbocycles. The van der Waals surface area contributed by atoms with Gasteiger partial charge in [0.2, 0.25) is 0 Å². The van der Waals surface area contributed by atoms with E-state index < -0.39 is 11.2 Å². The molecule has 1 unspecified atom stereocenters. The Morgan fingerprint density at radius 1 is 1.03 bits per heavy atom. The molecule has 1 aliphatic heterocycles. The summed E-state index contributed by atoms with van der Waals surface area (Å²) in [6, 6.07) is 21.1. The van der Waals surface area contributed by atoms with Gasteiger partial charge in [0.15, 0.2) is 0 Å². The molecule has 7 nitrogen and oxygen atoms in total. The van der Waals surface area contributed by atoms with Crippen LogP contribution in [-0.2, 0) is 10.2 Å². The number of aliphatic hydroxyl groups is 1. The van der Waals surface area contributed by atoms with Crippen molar-refractivity contribution in [3.63, 3.8) is 0 Å². The van der Waals surface area contributed by atoms with Crippen LogP contribution in [0.15, 0.2) is 60.7 Å². The first kappa shape index (κ1) is 22.8. The van der Waals surface area contributed by atoms with Crippen molar-refractivity contribution in [3.8, 4) is 0 Å². The molecule has 7 heteroatoms. The van der Waals surface area contributed by atoms with E-state index >= 15 is 0 Å². The number of ether oxygens (including phenoxy) is 1. The Balaban J connectivity index is 0.000000687. The maximum absolute atomic E-state index is 11.2. The first-order valence-electron chi connectivity index (χ1n) is 10.0. The van der Waals surface area contributed by atoms with Gasteiger partial charge in [-0.15, -0.1) is 0 Å². The van der Waals surface area contributed by atoms with Crippen LogP contribution in [0.1, 0.15) is 30.9 Å². The smallest absolute Gasteiger partial charge is 0.101 e. The molecule has 2 aromatic carbocycles. The lowest BCUT2D eigenvalue weighted by Gasteiger charge is -2.40. The number of hydrogen-bond acceptors (Lipinski definition) is 5. The van der Waals surface area contributed by atoms with Crippen LogP contribution in [0.5, 0.6) is 0 Å². The first-order chi connectivity index (χ1) is 14.0. The number of benzene rings is 2. The Bertz CT molecular complexity index is 677. The fourth-order valence-electron chi connectivity index (χ4n) is 4.11. The highest BCUT2D eigenvalue weighted by Gasteiger charge is 2.41. The molecular formula is C22H30N2O5. The minimum atomic E-state index is -1.75. The monoisotopic (exact) mass is 402 g/mol. The number of nitrogens with one attached hydrogen (secondary N) is 1. The summed E-state index contributed by atoms with van der Waals surface area (Å²) in [5, 5.41) is 25.9. The molecule has 1 saturated heterocycles. The third kappa shape index (κ3) is 6.25. The lowest BCUT2D eigenvalue weighted by molar-refractivity contribution is -0.908. The van der Waals surface area contributed by atoms with Gasteiger partial charge in [0.1, 0.15) is 13.1 Å². The molecule has 1 atom stereocenters. The first-order valence-corrected chi connectivity index (χ1v) is 10.0. The predicted molar refractivity (Wildman–Crippen MR) is 111 cm³/mol. The van der Waals surface area contributed by atoms with Gasteiger partial charge in [-0.1, -0.05) is 67.6 Å². The van der Waals surface area contributed by atoms with Crippen LogP contribution in [0.2, 0.25) is 0 Å². The maximum Gasteiger partial charge on any atom is 0.101 e. The largest absolute Gasteiger partial charge is 0.392 e. The summed E-state index contributed by atoms with van der Waals surface area (Å²) in [6.07, 6.45) is 1.27. The van der Waals surface area contributed by atoms with Gasteiger partial charge in [0, 0.05) is 6.42 Å². The molecule has 0 amide bonds. The molecule has 3 rings (SSSR count). The van der Waals surface area contributed by atoms with Crippen molar-refractivity contribution < 1.29 is 19.8 Å². The van der Waals surface area contributed by atoms with Gasteiger partial charge < -0.3 is 30.1 Å². The summed E-state index contributed by atoms with van der Waals surface area (Å²) in [6.45, 7) is 6.92. The molecule has 0 aromatic heterocycles. The molecule has 158 valence electrons. The Labute approximate surface area is 171 Å². The molecule has 0 spiro atoms. The summed E-state index contributed by atoms with van der Waals surface area (Å²) in [4.78, 5) is 9.82. The SMILES string of the molecule is CCC(O)C(CC[NH+]1CCOCC1)(c1ccccc1)c1ccccc1.O=[N+]([O-])[O-]. The van der Waals surface area contributed by atoms with Gasteiger partial charge in [0.25, 0.3) is 0 Å². The summed E-state index contributed by atoms with van der Waals surface area (Å²) >= 11 is 0. The molecule has 1 heterocycles. The van der Waals surface area contributed by atoms with Gasteiger partial charge in [-0.3, -0.25) is 0 Å². The van der Waals surface area contributed by atoms with E-state index in [4.69, 9.17) is 20.1 Å². The lowest BCUT2D eigenvalue weighted by Crippen LogP contribution is -3.14. The van der Waals surface area contributed by atoms with Crippen molar-refractivity contribution in [3.05, 3.63) is 87.1 Å². The second-order valence-corrected chi connectivity index (χ2v) is 7.21. The summed E-state index contributed by atoms with van der Waals surface area (Å²) < 4.78 is 5.50. The van der Waals surface area contributed by atoms with E-state index in [-0.39, 0.29) is 5.41 Å². The van der Waals surface area contributed by atoms with Crippen molar-refractivity contribution >= 4 is 0 Å². The van der Waals surface area contributed by atoms with E-state index in [1.165, 1.54) is 11.1 Å². The van der Waals surface area contributed by atoms with Gasteiger partial charge in [0.05, 0.1) is 36.4 Å². The van der Waals surface area contributed by atoms with Crippen LogP contribution in [0.25, 0.3) is 0 Å². The highest BCUT2D eigenvalue weighted by Crippen LogP contribution is 2.39. The summed E-state index contributed by atoms with van der Waals surface area (Å²) in [5.41, 5.74) is 2.06. The number of nitrogens with zero attached hydrogens (tertiary/aromatic N) is 1. The summed E-state index contributed by atoms with van der Waals surface area (Å²) in [7, 11) is 0. The normalized spacial score (nSPS) is 15.8. The van der Waals surface area contributed by atoms with Gasteiger partial charge in [-0.05, 0) is 17.5 Å². The number of hydrogen-bond donors (Lipinski definition) is 2. The Hall–Kier alpha value is -2.48. The molecule has 2 aromatic rings. The molecule has 1 fully saturated rings. The zero-order chi connectivity index (χ0) is 21.1. The van der Waals surface area contributed by atoms with E-state index in [2.05, 4.69) is 55.5 Å². The van der Waals surface area contributed by atoms with Crippen LogP contribution >= 0.6 is 0 Å². The van der Waals surface area contributed by atoms with Crippen LogP contribution in [-0.4, -0.2) is 49.1 Å². The zero-order valence-electron chi connectivity index (χ0n) is 16.8. The average Bonchev–Trinajstić information content (AvgIpc) is 2.76. The van der Waals surface area contributed by atoms with Gasteiger partial charge in [-0.25, -0.2) is 0 Å². The number of aliphatic hydroxyl groups excluding tert-OH is 1. The average molecular weight is 402 g/mol. The third-order valence-corrected chi connectivity index (χ3v) is 5.61. The van der Waals surface area contributed by atoms with Crippen molar-refractivity contribution in [2.45, 2.75) is 31.3 Å². The molecule has 1 aliphatic rings. The number of morpholine rings is 1. The number of quaternary nitrogens is 1. The van der Waals surface area contributed by atoms with Crippen molar-refractivity contribution in [2.24, 2.45) is 0 Å². The van der Waals surface area contributed by atoms with E-state index in [0.717, 1.165) is 45.7 Å². The molecule has 0 bridgehead atoms. The Morgan fingerprint density at radius 2 is 1.48 bits per heavy atom. The van der Waals surface area contributed by atoms with E-state index in [1.807, 2.05) is 12.1 Å². The second kappa shape index (κ2) is 11.5. The van der Waals surface area contributed by atoms with Crippen LogP contribution in [0.3, 0.4) is 0 Å². The lowest BCUT2D eigenvalue weighted by atomic mass is 9.67. The Kier molecular flexibility index (Phi) is 9.05. The highest BCUT2D eigenvalue weighted by molar-refractivity contribution is 5.41.